The second-order valence-electron chi connectivity index (χ2n) is 5.89. The molecule has 0 atom stereocenters. The van der Waals surface area contributed by atoms with Crippen LogP contribution < -0.4 is 0 Å². The number of rotatable bonds is 4. The van der Waals surface area contributed by atoms with Crippen LogP contribution >= 0.6 is 23.2 Å². The molecule has 0 unspecified atom stereocenters. The molecule has 6 nitrogen and oxygen atoms in total. The average molecular weight is 402 g/mol. The van der Waals surface area contributed by atoms with Gasteiger partial charge in [-0.2, -0.15) is 0 Å². The van der Waals surface area contributed by atoms with Crippen LogP contribution in [0.3, 0.4) is 0 Å². The first-order chi connectivity index (χ1) is 13.0. The fourth-order valence-corrected chi connectivity index (χ4v) is 3.13. The SMILES string of the molecule is Cn1ccnc1COC(=O)c1ccc2nc(-c3cc(Cl)cc(Cl)c3)oc2c1. The fraction of sp³-hybridized carbons (Fsp3) is 0.105. The predicted molar refractivity (Wildman–Crippen MR) is 102 cm³/mol. The Morgan fingerprint density at radius 2 is 1.96 bits per heavy atom. The zero-order valence-electron chi connectivity index (χ0n) is 14.1. The number of nitrogens with zero attached hydrogens (tertiary/aromatic N) is 3. The Labute approximate surface area is 164 Å². The van der Waals surface area contributed by atoms with E-state index in [2.05, 4.69) is 9.97 Å². The molecule has 2 heterocycles. The molecule has 0 aliphatic heterocycles. The number of hydrogen-bond donors (Lipinski definition) is 0. The lowest BCUT2D eigenvalue weighted by atomic mass is 10.2. The molecule has 0 fully saturated rings. The Morgan fingerprint density at radius 1 is 1.19 bits per heavy atom. The molecule has 2 aromatic carbocycles. The Bertz CT molecular complexity index is 1130. The molecule has 0 bridgehead atoms. The number of oxazole rings is 1. The van der Waals surface area contributed by atoms with Crippen LogP contribution in [-0.2, 0) is 18.4 Å². The number of carbonyl (C=O) groups is 1. The Hall–Kier alpha value is -2.83. The summed E-state index contributed by atoms with van der Waals surface area (Å²) in [5.41, 5.74) is 2.10. The summed E-state index contributed by atoms with van der Waals surface area (Å²) in [6, 6.07) is 9.98. The monoisotopic (exact) mass is 401 g/mol. The van der Waals surface area contributed by atoms with Gasteiger partial charge in [-0.3, -0.25) is 0 Å². The summed E-state index contributed by atoms with van der Waals surface area (Å²) in [5.74, 6) is 0.556. The average Bonchev–Trinajstić information content (AvgIpc) is 3.24. The molecule has 0 N–H and O–H groups in total. The third-order valence-corrected chi connectivity index (χ3v) is 4.42. The Balaban J connectivity index is 1.58. The van der Waals surface area contributed by atoms with E-state index in [1.165, 1.54) is 0 Å². The first kappa shape index (κ1) is 17.6. The Morgan fingerprint density at radius 3 is 2.67 bits per heavy atom. The highest BCUT2D eigenvalue weighted by Gasteiger charge is 2.14. The number of benzene rings is 2. The minimum Gasteiger partial charge on any atom is -0.454 e. The van der Waals surface area contributed by atoms with Gasteiger partial charge in [0.25, 0.3) is 0 Å². The van der Waals surface area contributed by atoms with Crippen LogP contribution in [0.4, 0.5) is 0 Å². The zero-order chi connectivity index (χ0) is 19.0. The van der Waals surface area contributed by atoms with Crippen LogP contribution in [0.15, 0.2) is 53.2 Å². The van der Waals surface area contributed by atoms with E-state index in [0.717, 1.165) is 0 Å². The van der Waals surface area contributed by atoms with Crippen molar-refractivity contribution in [3.8, 4) is 11.5 Å². The van der Waals surface area contributed by atoms with E-state index in [0.29, 0.717) is 44.0 Å². The third-order valence-electron chi connectivity index (χ3n) is 3.99. The maximum atomic E-state index is 12.3. The van der Waals surface area contributed by atoms with Crippen LogP contribution in [0.2, 0.25) is 10.0 Å². The second kappa shape index (κ2) is 7.06. The highest BCUT2D eigenvalue weighted by atomic mass is 35.5. The van der Waals surface area contributed by atoms with Crippen LogP contribution in [0.5, 0.6) is 0 Å². The zero-order valence-corrected chi connectivity index (χ0v) is 15.7. The molecule has 136 valence electrons. The van der Waals surface area contributed by atoms with Crippen molar-refractivity contribution in [2.24, 2.45) is 7.05 Å². The van der Waals surface area contributed by atoms with E-state index in [4.69, 9.17) is 32.4 Å². The Kier molecular flexibility index (Phi) is 4.59. The van der Waals surface area contributed by atoms with Gasteiger partial charge in [0.1, 0.15) is 17.9 Å². The number of imidazole rings is 1. The number of hydrogen-bond acceptors (Lipinski definition) is 5. The van der Waals surface area contributed by atoms with Gasteiger partial charge in [0, 0.05) is 35.1 Å². The number of ether oxygens (including phenoxy) is 1. The number of aromatic nitrogens is 3. The van der Waals surface area contributed by atoms with Gasteiger partial charge in [0.2, 0.25) is 5.89 Å². The molecule has 0 aliphatic rings. The number of aryl methyl sites for hydroxylation is 1. The van der Waals surface area contributed by atoms with Crippen molar-refractivity contribution in [2.75, 3.05) is 0 Å². The van der Waals surface area contributed by atoms with Crippen LogP contribution in [0.1, 0.15) is 16.2 Å². The van der Waals surface area contributed by atoms with Gasteiger partial charge in [-0.1, -0.05) is 23.2 Å². The molecular formula is C19H13Cl2N3O3. The number of halogens is 2. The van der Waals surface area contributed by atoms with Gasteiger partial charge in [0.05, 0.1) is 5.56 Å². The summed E-state index contributed by atoms with van der Waals surface area (Å²) in [6.07, 6.45) is 3.43. The van der Waals surface area contributed by atoms with E-state index in [-0.39, 0.29) is 6.61 Å². The van der Waals surface area contributed by atoms with Gasteiger partial charge in [-0.05, 0) is 36.4 Å². The van der Waals surface area contributed by atoms with Crippen molar-refractivity contribution in [2.45, 2.75) is 6.61 Å². The van der Waals surface area contributed by atoms with Gasteiger partial charge in [0.15, 0.2) is 5.58 Å². The maximum Gasteiger partial charge on any atom is 0.338 e. The first-order valence-electron chi connectivity index (χ1n) is 8.00. The topological polar surface area (TPSA) is 70.2 Å². The van der Waals surface area contributed by atoms with Crippen molar-refractivity contribution in [1.82, 2.24) is 14.5 Å². The standard InChI is InChI=1S/C19H13Cl2N3O3/c1-24-5-4-22-17(24)10-26-19(25)11-2-3-15-16(8-11)27-18(23-15)12-6-13(20)9-14(21)7-12/h2-9H,10H2,1H3. The minimum absolute atomic E-state index is 0.0863. The minimum atomic E-state index is -0.469. The van der Waals surface area contributed by atoms with E-state index < -0.39 is 5.97 Å². The highest BCUT2D eigenvalue weighted by molar-refractivity contribution is 6.35. The molecule has 0 aliphatic carbocycles. The smallest absolute Gasteiger partial charge is 0.338 e. The first-order valence-corrected chi connectivity index (χ1v) is 8.75. The van der Waals surface area contributed by atoms with E-state index in [1.807, 2.05) is 7.05 Å². The van der Waals surface area contributed by atoms with E-state index >= 15 is 0 Å². The lowest BCUT2D eigenvalue weighted by Crippen LogP contribution is -2.08. The van der Waals surface area contributed by atoms with Gasteiger partial charge in [-0.25, -0.2) is 14.8 Å². The summed E-state index contributed by atoms with van der Waals surface area (Å²) in [7, 11) is 1.83. The van der Waals surface area contributed by atoms with E-state index in [1.54, 1.807) is 53.4 Å². The molecule has 4 aromatic rings. The largest absolute Gasteiger partial charge is 0.454 e. The predicted octanol–water partition coefficient (Wildman–Crippen LogP) is 4.89. The molecule has 4 rings (SSSR count). The number of esters is 1. The lowest BCUT2D eigenvalue weighted by molar-refractivity contribution is 0.0459. The van der Waals surface area contributed by atoms with Crippen molar-refractivity contribution in [3.05, 3.63) is 70.2 Å². The summed E-state index contributed by atoms with van der Waals surface area (Å²) >= 11 is 12.1. The van der Waals surface area contributed by atoms with Crippen LogP contribution in [0.25, 0.3) is 22.6 Å². The maximum absolute atomic E-state index is 12.3. The molecule has 0 radical (unpaired) electrons. The quantitative estimate of drug-likeness (QED) is 0.455. The van der Waals surface area contributed by atoms with Crippen LogP contribution in [-0.4, -0.2) is 20.5 Å². The summed E-state index contributed by atoms with van der Waals surface area (Å²) in [4.78, 5) is 20.8. The molecule has 0 saturated heterocycles. The van der Waals surface area contributed by atoms with E-state index in [9.17, 15) is 4.79 Å². The lowest BCUT2D eigenvalue weighted by Gasteiger charge is -2.04. The van der Waals surface area contributed by atoms with Crippen molar-refractivity contribution < 1.29 is 13.9 Å². The molecule has 0 saturated carbocycles. The van der Waals surface area contributed by atoms with Gasteiger partial charge < -0.3 is 13.7 Å². The molecule has 0 spiro atoms. The molecule has 8 heteroatoms. The number of carbonyl (C=O) groups excluding carboxylic acids is 1. The van der Waals surface area contributed by atoms with Crippen LogP contribution in [0, 0.1) is 0 Å². The van der Waals surface area contributed by atoms with Crippen molar-refractivity contribution in [1.29, 1.82) is 0 Å². The summed E-state index contributed by atoms with van der Waals surface area (Å²) in [5, 5.41) is 0.969. The summed E-state index contributed by atoms with van der Waals surface area (Å²) < 4.78 is 12.9. The fourth-order valence-electron chi connectivity index (χ4n) is 2.60. The summed E-state index contributed by atoms with van der Waals surface area (Å²) in [6.45, 7) is 0.0863. The molecule has 2 aromatic heterocycles. The van der Waals surface area contributed by atoms with Gasteiger partial charge in [-0.15, -0.1) is 0 Å². The molecular weight excluding hydrogens is 389 g/mol. The third kappa shape index (κ3) is 3.67. The number of fused-ring (bicyclic) bond motifs is 1. The van der Waals surface area contributed by atoms with Crippen molar-refractivity contribution in [3.63, 3.8) is 0 Å². The second-order valence-corrected chi connectivity index (χ2v) is 6.76. The normalized spacial score (nSPS) is 11.1. The van der Waals surface area contributed by atoms with Gasteiger partial charge >= 0.3 is 5.97 Å². The molecule has 27 heavy (non-hydrogen) atoms. The highest BCUT2D eigenvalue weighted by Crippen LogP contribution is 2.29. The molecule has 0 amide bonds. The van der Waals surface area contributed by atoms with Crippen molar-refractivity contribution >= 4 is 40.3 Å².